The summed E-state index contributed by atoms with van der Waals surface area (Å²) in [5.74, 6) is -2.62. The average molecular weight is 523 g/mol. The Hall–Kier alpha value is -3.95. The number of carbonyl (C=O) groups is 2. The van der Waals surface area contributed by atoms with Crippen LogP contribution in [0.2, 0.25) is 5.02 Å². The topological polar surface area (TPSA) is 100 Å². The van der Waals surface area contributed by atoms with Crippen molar-refractivity contribution < 1.29 is 23.1 Å². The Balaban J connectivity index is 1.68. The number of primary amides is 1. The number of nitrogens with two attached hydrogens (primary N) is 1. The summed E-state index contributed by atoms with van der Waals surface area (Å²) in [6, 6.07) is 12.5. The Bertz CT molecular complexity index is 1590. The van der Waals surface area contributed by atoms with Gasteiger partial charge in [-0.15, -0.1) is 0 Å². The number of nitrogens with one attached hydrogen (secondary N) is 2. The highest BCUT2D eigenvalue weighted by atomic mass is 35.5. The SMILES string of the molecule is NC(=O)c1cc2[nH]cc(OC=O)c2c(F)c1-c1c(Cl)c(F)cc2c1CC1(c3ccccc3)CNCCN21. The van der Waals surface area contributed by atoms with Gasteiger partial charge in [0.2, 0.25) is 5.91 Å². The lowest BCUT2D eigenvalue weighted by atomic mass is 9.82. The van der Waals surface area contributed by atoms with Gasteiger partial charge in [-0.1, -0.05) is 41.9 Å². The molecule has 1 amide bonds. The van der Waals surface area contributed by atoms with Crippen molar-refractivity contribution in [1.82, 2.24) is 10.3 Å². The van der Waals surface area contributed by atoms with Crippen LogP contribution in [0.5, 0.6) is 5.75 Å². The summed E-state index contributed by atoms with van der Waals surface area (Å²) in [4.78, 5) is 28.5. The number of aromatic amines is 1. The van der Waals surface area contributed by atoms with Crippen molar-refractivity contribution in [3.05, 3.63) is 82.0 Å². The molecule has 0 radical (unpaired) electrons. The molecule has 1 unspecified atom stereocenters. The smallest absolute Gasteiger partial charge is 0.298 e. The van der Waals surface area contributed by atoms with Crippen molar-refractivity contribution in [2.45, 2.75) is 12.0 Å². The van der Waals surface area contributed by atoms with Gasteiger partial charge in [-0.25, -0.2) is 8.78 Å². The molecule has 10 heteroatoms. The van der Waals surface area contributed by atoms with Crippen LogP contribution >= 0.6 is 11.6 Å². The van der Waals surface area contributed by atoms with Crippen LogP contribution in [-0.2, 0) is 16.8 Å². The van der Waals surface area contributed by atoms with Crippen LogP contribution in [0.15, 0.2) is 48.7 Å². The monoisotopic (exact) mass is 522 g/mol. The lowest BCUT2D eigenvalue weighted by Gasteiger charge is -2.45. The molecule has 3 aromatic carbocycles. The zero-order valence-electron chi connectivity index (χ0n) is 19.4. The fourth-order valence-electron chi connectivity index (χ4n) is 5.84. The minimum absolute atomic E-state index is 0.0628. The number of piperazine rings is 1. The van der Waals surface area contributed by atoms with Gasteiger partial charge in [-0.2, -0.15) is 0 Å². The number of nitrogens with zero attached hydrogens (tertiary/aromatic N) is 1. The molecule has 2 aliphatic rings. The third kappa shape index (κ3) is 3.34. The Kier molecular flexibility index (Phi) is 5.43. The van der Waals surface area contributed by atoms with E-state index in [-0.39, 0.29) is 44.8 Å². The van der Waals surface area contributed by atoms with Crippen molar-refractivity contribution in [1.29, 1.82) is 0 Å². The van der Waals surface area contributed by atoms with Crippen LogP contribution in [0.4, 0.5) is 14.5 Å². The first kappa shape index (κ1) is 23.4. The highest BCUT2D eigenvalue weighted by Crippen LogP contribution is 2.53. The maximum Gasteiger partial charge on any atom is 0.298 e. The molecular weight excluding hydrogens is 502 g/mol. The summed E-state index contributed by atoms with van der Waals surface area (Å²) >= 11 is 6.55. The second kappa shape index (κ2) is 8.57. The molecule has 1 aromatic heterocycles. The number of halogens is 3. The van der Waals surface area contributed by atoms with E-state index in [0.717, 1.165) is 5.56 Å². The molecule has 4 N–H and O–H groups in total. The fourth-order valence-corrected chi connectivity index (χ4v) is 6.10. The molecule has 0 spiro atoms. The van der Waals surface area contributed by atoms with E-state index < -0.39 is 23.1 Å². The van der Waals surface area contributed by atoms with Crippen LogP contribution < -0.4 is 20.7 Å². The van der Waals surface area contributed by atoms with Crippen molar-refractivity contribution >= 4 is 40.6 Å². The van der Waals surface area contributed by atoms with Crippen molar-refractivity contribution in [2.24, 2.45) is 5.73 Å². The molecule has 1 fully saturated rings. The molecule has 2 aliphatic heterocycles. The number of carbonyl (C=O) groups excluding carboxylic acids is 2. The minimum Gasteiger partial charge on any atom is -0.426 e. The van der Waals surface area contributed by atoms with Crippen LogP contribution in [0.1, 0.15) is 21.5 Å². The summed E-state index contributed by atoms with van der Waals surface area (Å²) in [7, 11) is 0. The zero-order valence-corrected chi connectivity index (χ0v) is 20.2. The predicted octanol–water partition coefficient (Wildman–Crippen LogP) is 4.26. The van der Waals surface area contributed by atoms with E-state index in [0.29, 0.717) is 37.3 Å². The van der Waals surface area contributed by atoms with E-state index in [1.54, 1.807) is 0 Å². The highest BCUT2D eigenvalue weighted by molar-refractivity contribution is 6.34. The van der Waals surface area contributed by atoms with Gasteiger partial charge in [0.25, 0.3) is 6.47 Å². The minimum atomic E-state index is -0.910. The number of fused-ring (bicyclic) bond motifs is 4. The molecule has 188 valence electrons. The maximum absolute atomic E-state index is 16.3. The number of rotatable bonds is 5. The van der Waals surface area contributed by atoms with Gasteiger partial charge in [-0.3, -0.25) is 9.59 Å². The van der Waals surface area contributed by atoms with Gasteiger partial charge in [0.05, 0.1) is 27.0 Å². The number of ether oxygens (including phenoxy) is 1. The highest BCUT2D eigenvalue weighted by Gasteiger charge is 2.48. The standard InChI is InChI=1S/C27H21ClF2N4O3/c28-24-17(29)9-19-16(10-27(12-32-6-7-34(19)27)14-4-2-1-3-5-14)21(24)22-15(26(31)36)8-18-23(25(22)30)20(11-33-18)37-13-35/h1-5,8-9,11,13,32-33H,6-7,10,12H2,(H2,31,36). The molecule has 4 aromatic rings. The number of amides is 1. The van der Waals surface area contributed by atoms with Crippen molar-refractivity contribution in [3.8, 4) is 16.9 Å². The molecule has 0 aliphatic carbocycles. The number of aromatic nitrogens is 1. The van der Waals surface area contributed by atoms with Gasteiger partial charge in [0, 0.05) is 49.1 Å². The Morgan fingerprint density at radius 1 is 1.19 bits per heavy atom. The maximum atomic E-state index is 16.3. The number of H-pyrrole nitrogens is 1. The number of anilines is 1. The van der Waals surface area contributed by atoms with Gasteiger partial charge in [-0.05, 0) is 23.3 Å². The summed E-state index contributed by atoms with van der Waals surface area (Å²) in [5, 5.41) is 3.04. The van der Waals surface area contributed by atoms with Crippen molar-refractivity contribution in [2.75, 3.05) is 24.5 Å². The Morgan fingerprint density at radius 3 is 2.70 bits per heavy atom. The summed E-state index contributed by atoms with van der Waals surface area (Å²) in [6.45, 7) is 2.01. The second-order valence-electron chi connectivity index (χ2n) is 9.21. The first-order valence-corrected chi connectivity index (χ1v) is 12.0. The van der Waals surface area contributed by atoms with Crippen LogP contribution in [-0.4, -0.2) is 37.0 Å². The quantitative estimate of drug-likeness (QED) is 0.340. The number of hydrogen-bond donors (Lipinski definition) is 3. The first-order chi connectivity index (χ1) is 17.9. The summed E-state index contributed by atoms with van der Waals surface area (Å²) < 4.78 is 36.7. The molecule has 1 atom stereocenters. The first-order valence-electron chi connectivity index (χ1n) is 11.7. The molecule has 37 heavy (non-hydrogen) atoms. The van der Waals surface area contributed by atoms with E-state index >= 15 is 8.78 Å². The summed E-state index contributed by atoms with van der Waals surface area (Å²) in [6.07, 6.45) is 1.68. The van der Waals surface area contributed by atoms with Gasteiger partial charge in [0.15, 0.2) is 5.75 Å². The molecule has 0 bridgehead atoms. The third-order valence-corrected chi connectivity index (χ3v) is 7.75. The fraction of sp³-hybridized carbons (Fsp3) is 0.185. The number of benzene rings is 3. The molecule has 6 rings (SSSR count). The Labute approximate surface area is 215 Å². The van der Waals surface area contributed by atoms with E-state index in [1.165, 1.54) is 18.3 Å². The van der Waals surface area contributed by atoms with Crippen LogP contribution in [0.3, 0.4) is 0 Å². The molecule has 7 nitrogen and oxygen atoms in total. The van der Waals surface area contributed by atoms with Gasteiger partial charge >= 0.3 is 0 Å². The van der Waals surface area contributed by atoms with Gasteiger partial charge < -0.3 is 25.7 Å². The average Bonchev–Trinajstić information content (AvgIpc) is 3.46. The van der Waals surface area contributed by atoms with E-state index in [2.05, 4.69) is 15.2 Å². The van der Waals surface area contributed by atoms with Crippen LogP contribution in [0.25, 0.3) is 22.0 Å². The van der Waals surface area contributed by atoms with Crippen LogP contribution in [0, 0.1) is 11.6 Å². The summed E-state index contributed by atoms with van der Waals surface area (Å²) in [5.41, 5.74) is 7.17. The van der Waals surface area contributed by atoms with E-state index in [9.17, 15) is 9.59 Å². The number of hydrogen-bond acceptors (Lipinski definition) is 5. The zero-order chi connectivity index (χ0) is 25.9. The molecule has 0 saturated carbocycles. The third-order valence-electron chi connectivity index (χ3n) is 7.38. The van der Waals surface area contributed by atoms with E-state index in [1.807, 2.05) is 30.3 Å². The second-order valence-corrected chi connectivity index (χ2v) is 9.59. The Morgan fingerprint density at radius 2 is 1.97 bits per heavy atom. The predicted molar refractivity (Wildman–Crippen MR) is 136 cm³/mol. The lowest BCUT2D eigenvalue weighted by Crippen LogP contribution is -2.57. The molecule has 3 heterocycles. The normalized spacial score (nSPS) is 18.5. The molecule has 1 saturated heterocycles. The van der Waals surface area contributed by atoms with E-state index in [4.69, 9.17) is 22.1 Å². The lowest BCUT2D eigenvalue weighted by molar-refractivity contribution is -0.120. The van der Waals surface area contributed by atoms with Gasteiger partial charge in [0.1, 0.15) is 11.6 Å². The largest absolute Gasteiger partial charge is 0.426 e. The molecular formula is C27H21ClF2N4O3. The van der Waals surface area contributed by atoms with Crippen molar-refractivity contribution in [3.63, 3.8) is 0 Å².